The van der Waals surface area contributed by atoms with Crippen LogP contribution in [0.1, 0.15) is 23.6 Å². The minimum absolute atomic E-state index is 0.0501. The van der Waals surface area contributed by atoms with Crippen LogP contribution < -0.4 is 9.46 Å². The number of pyridine rings is 1. The third-order valence-electron chi connectivity index (χ3n) is 3.92. The normalized spacial score (nSPS) is 11.9. The van der Waals surface area contributed by atoms with Gasteiger partial charge in [-0.25, -0.2) is 13.1 Å². The van der Waals surface area contributed by atoms with Gasteiger partial charge in [-0.05, 0) is 67.3 Å². The largest absolute Gasteiger partial charge is 0.496 e. The topological polar surface area (TPSA) is 85.4 Å². The smallest absolute Gasteiger partial charge is 0.264 e. The summed E-state index contributed by atoms with van der Waals surface area (Å²) in [6.07, 6.45) is 4.45. The first-order valence-electron chi connectivity index (χ1n) is 7.56. The van der Waals surface area contributed by atoms with Gasteiger partial charge in [-0.1, -0.05) is 0 Å². The number of ether oxygens (including phenoxy) is 1. The molecule has 1 aromatic heterocycles. The second-order valence-electron chi connectivity index (χ2n) is 5.55. The highest BCUT2D eigenvalue weighted by Gasteiger charge is 2.21. The lowest BCUT2D eigenvalue weighted by Crippen LogP contribution is -2.30. The Labute approximate surface area is 147 Å². The molecule has 0 saturated heterocycles. The Bertz CT molecular complexity index is 920. The number of amides is 1. The Morgan fingerprint density at radius 1 is 1.12 bits per heavy atom. The van der Waals surface area contributed by atoms with Gasteiger partial charge in [0.2, 0.25) is 0 Å². The number of carbonyl (C=O) groups excluding carboxylic acids is 1. The molecular formula is C18H20N2O4S. The number of rotatable bonds is 5. The lowest BCUT2D eigenvalue weighted by atomic mass is 10.1. The lowest BCUT2D eigenvalue weighted by Gasteiger charge is -2.13. The van der Waals surface area contributed by atoms with E-state index in [2.05, 4.69) is 9.71 Å². The van der Waals surface area contributed by atoms with Crippen molar-refractivity contribution in [1.29, 1.82) is 0 Å². The monoisotopic (exact) mass is 360 g/mol. The van der Waals surface area contributed by atoms with Gasteiger partial charge < -0.3 is 4.74 Å². The van der Waals surface area contributed by atoms with Crippen molar-refractivity contribution < 1.29 is 17.9 Å². The quantitative estimate of drug-likeness (QED) is 0.829. The third kappa shape index (κ3) is 4.24. The van der Waals surface area contributed by atoms with Gasteiger partial charge in [0.15, 0.2) is 0 Å². The van der Waals surface area contributed by atoms with Crippen LogP contribution in [0.2, 0.25) is 0 Å². The first kappa shape index (κ1) is 18.7. The molecule has 2 aromatic rings. The van der Waals surface area contributed by atoms with Crippen molar-refractivity contribution in [1.82, 2.24) is 9.71 Å². The van der Waals surface area contributed by atoms with Crippen molar-refractivity contribution in [3.05, 3.63) is 59.4 Å². The van der Waals surface area contributed by atoms with Crippen LogP contribution in [0.15, 0.2) is 47.6 Å². The molecule has 132 valence electrons. The van der Waals surface area contributed by atoms with Gasteiger partial charge in [0, 0.05) is 18.5 Å². The number of nitrogens with one attached hydrogen (secondary N) is 1. The van der Waals surface area contributed by atoms with Crippen molar-refractivity contribution in [2.75, 3.05) is 7.11 Å². The number of sulfonamides is 1. The molecule has 1 N–H and O–H groups in total. The van der Waals surface area contributed by atoms with E-state index >= 15 is 0 Å². The average molecular weight is 360 g/mol. The van der Waals surface area contributed by atoms with E-state index in [1.807, 2.05) is 0 Å². The zero-order valence-electron chi connectivity index (χ0n) is 14.5. The summed E-state index contributed by atoms with van der Waals surface area (Å²) in [6.45, 7) is 5.17. The van der Waals surface area contributed by atoms with Crippen molar-refractivity contribution in [3.63, 3.8) is 0 Å². The molecule has 0 spiro atoms. The van der Waals surface area contributed by atoms with Crippen LogP contribution in [0.3, 0.4) is 0 Å². The number of carbonyl (C=O) groups is 1. The standard InChI is InChI=1S/C18H20N2O4S/c1-12(15-7-9-19-10-8-15)11-18(21)20-25(22,23)17-6-5-16(24-4)13(2)14(17)3/h5-11H,1-4H3,(H,20,21). The van der Waals surface area contributed by atoms with Gasteiger partial charge in [-0.2, -0.15) is 0 Å². The molecule has 0 aliphatic rings. The summed E-state index contributed by atoms with van der Waals surface area (Å²) in [7, 11) is -2.46. The Morgan fingerprint density at radius 2 is 1.76 bits per heavy atom. The van der Waals surface area contributed by atoms with Crippen LogP contribution >= 0.6 is 0 Å². The molecule has 1 aromatic carbocycles. The molecule has 25 heavy (non-hydrogen) atoms. The number of aromatic nitrogens is 1. The maximum absolute atomic E-state index is 12.5. The number of allylic oxidation sites excluding steroid dienone is 1. The van der Waals surface area contributed by atoms with E-state index in [0.29, 0.717) is 22.4 Å². The molecule has 0 unspecified atom stereocenters. The van der Waals surface area contributed by atoms with E-state index in [1.54, 1.807) is 51.4 Å². The third-order valence-corrected chi connectivity index (χ3v) is 5.41. The average Bonchev–Trinajstić information content (AvgIpc) is 2.57. The van der Waals surface area contributed by atoms with E-state index in [0.717, 1.165) is 5.56 Å². The highest BCUT2D eigenvalue weighted by Crippen LogP contribution is 2.26. The summed E-state index contributed by atoms with van der Waals surface area (Å²) in [5, 5.41) is 0. The van der Waals surface area contributed by atoms with Crippen LogP contribution in [-0.2, 0) is 14.8 Å². The minimum atomic E-state index is -3.98. The molecule has 0 saturated carbocycles. The Hall–Kier alpha value is -2.67. The van der Waals surface area contributed by atoms with Gasteiger partial charge >= 0.3 is 0 Å². The van der Waals surface area contributed by atoms with Crippen molar-refractivity contribution in [2.24, 2.45) is 0 Å². The molecule has 7 heteroatoms. The molecule has 0 aliphatic carbocycles. The molecule has 1 amide bonds. The number of benzene rings is 1. The van der Waals surface area contributed by atoms with Gasteiger partial charge in [-0.3, -0.25) is 9.78 Å². The van der Waals surface area contributed by atoms with Crippen LogP contribution in [0, 0.1) is 13.8 Å². The minimum Gasteiger partial charge on any atom is -0.496 e. The first-order chi connectivity index (χ1) is 11.8. The van der Waals surface area contributed by atoms with E-state index < -0.39 is 15.9 Å². The van der Waals surface area contributed by atoms with Crippen LogP contribution in [-0.4, -0.2) is 26.4 Å². The fraction of sp³-hybridized carbons (Fsp3) is 0.222. The van der Waals surface area contributed by atoms with Crippen LogP contribution in [0.4, 0.5) is 0 Å². The Morgan fingerprint density at radius 3 is 2.36 bits per heavy atom. The second-order valence-corrected chi connectivity index (χ2v) is 7.20. The molecular weight excluding hydrogens is 340 g/mol. The zero-order chi connectivity index (χ0) is 18.6. The highest BCUT2D eigenvalue weighted by atomic mass is 32.2. The van der Waals surface area contributed by atoms with Crippen molar-refractivity contribution in [2.45, 2.75) is 25.7 Å². The van der Waals surface area contributed by atoms with Gasteiger partial charge in [-0.15, -0.1) is 0 Å². The zero-order valence-corrected chi connectivity index (χ0v) is 15.3. The van der Waals surface area contributed by atoms with E-state index in [4.69, 9.17) is 4.74 Å². The van der Waals surface area contributed by atoms with E-state index in [1.165, 1.54) is 19.3 Å². The number of nitrogens with zero attached hydrogens (tertiary/aromatic N) is 1. The molecule has 0 aliphatic heterocycles. The predicted octanol–water partition coefficient (Wildman–Crippen LogP) is 2.62. The Kier molecular flexibility index (Phi) is 5.58. The summed E-state index contributed by atoms with van der Waals surface area (Å²) in [5.74, 6) is -0.113. The first-order valence-corrected chi connectivity index (χ1v) is 9.04. The maximum atomic E-state index is 12.5. The number of hydrogen-bond acceptors (Lipinski definition) is 5. The van der Waals surface area contributed by atoms with E-state index in [-0.39, 0.29) is 4.90 Å². The fourth-order valence-electron chi connectivity index (χ4n) is 2.39. The summed E-state index contributed by atoms with van der Waals surface area (Å²) in [4.78, 5) is 16.1. The lowest BCUT2D eigenvalue weighted by molar-refractivity contribution is -0.114. The second kappa shape index (κ2) is 7.48. The number of methoxy groups -OCH3 is 1. The highest BCUT2D eigenvalue weighted by molar-refractivity contribution is 7.90. The molecule has 0 bridgehead atoms. The molecule has 6 nitrogen and oxygen atoms in total. The van der Waals surface area contributed by atoms with Crippen molar-refractivity contribution >= 4 is 21.5 Å². The van der Waals surface area contributed by atoms with Crippen LogP contribution in [0.25, 0.3) is 5.57 Å². The Balaban J connectivity index is 2.27. The molecule has 0 fully saturated rings. The molecule has 1 heterocycles. The summed E-state index contributed by atoms with van der Waals surface area (Å²) in [5.41, 5.74) is 2.67. The van der Waals surface area contributed by atoms with Gasteiger partial charge in [0.05, 0.1) is 12.0 Å². The summed E-state index contributed by atoms with van der Waals surface area (Å²) < 4.78 is 32.3. The van der Waals surface area contributed by atoms with E-state index in [9.17, 15) is 13.2 Å². The fourth-order valence-corrected chi connectivity index (χ4v) is 3.63. The molecule has 0 radical (unpaired) electrons. The van der Waals surface area contributed by atoms with Crippen LogP contribution in [0.5, 0.6) is 5.75 Å². The van der Waals surface area contributed by atoms with Crippen molar-refractivity contribution in [3.8, 4) is 5.75 Å². The predicted molar refractivity (Wildman–Crippen MR) is 95.7 cm³/mol. The molecule has 0 atom stereocenters. The summed E-state index contributed by atoms with van der Waals surface area (Å²) in [6, 6.07) is 6.48. The SMILES string of the molecule is COc1ccc(S(=O)(=O)NC(=O)C=C(C)c2ccncc2)c(C)c1C. The summed E-state index contributed by atoms with van der Waals surface area (Å²) >= 11 is 0. The maximum Gasteiger partial charge on any atom is 0.264 e. The number of hydrogen-bond donors (Lipinski definition) is 1. The molecule has 2 rings (SSSR count). The van der Waals surface area contributed by atoms with Gasteiger partial charge in [0.25, 0.3) is 15.9 Å². The van der Waals surface area contributed by atoms with Gasteiger partial charge in [0.1, 0.15) is 5.75 Å².